The predicted octanol–water partition coefficient (Wildman–Crippen LogP) is 8.42. The number of amides is 3. The second kappa shape index (κ2) is 14.2. The summed E-state index contributed by atoms with van der Waals surface area (Å²) >= 11 is 8.20. The van der Waals surface area contributed by atoms with Crippen LogP contribution in [0, 0.1) is 13.8 Å². The number of fused-ring (bicyclic) bond motifs is 1. The van der Waals surface area contributed by atoms with Gasteiger partial charge in [0.25, 0.3) is 5.56 Å². The molecule has 3 amide bonds. The number of halogens is 1. The quantitative estimate of drug-likeness (QED) is 0.157. The molecule has 1 aromatic heterocycles. The van der Waals surface area contributed by atoms with Gasteiger partial charge in [0, 0.05) is 34.7 Å². The van der Waals surface area contributed by atoms with Crippen molar-refractivity contribution < 1.29 is 14.3 Å². The highest BCUT2D eigenvalue weighted by Crippen LogP contribution is 2.39. The number of likely N-dealkylation sites (tertiary alicyclic amines) is 1. The van der Waals surface area contributed by atoms with Crippen LogP contribution in [-0.2, 0) is 11.3 Å². The lowest BCUT2D eigenvalue weighted by Crippen LogP contribution is -2.44. The number of nitrogens with zero attached hydrogens (tertiary/aromatic N) is 1. The van der Waals surface area contributed by atoms with Gasteiger partial charge < -0.3 is 25.3 Å². The molecule has 240 valence electrons. The van der Waals surface area contributed by atoms with E-state index in [-0.39, 0.29) is 36.4 Å². The van der Waals surface area contributed by atoms with Crippen LogP contribution < -0.4 is 16.2 Å². The zero-order valence-electron chi connectivity index (χ0n) is 26.2. The van der Waals surface area contributed by atoms with E-state index < -0.39 is 0 Å². The minimum atomic E-state index is -0.298. The van der Waals surface area contributed by atoms with Gasteiger partial charge in [-0.1, -0.05) is 71.3 Å². The number of aromatic amines is 1. The molecule has 0 bridgehead atoms. The van der Waals surface area contributed by atoms with Crippen molar-refractivity contribution in [2.75, 3.05) is 17.6 Å². The number of hydrogen-bond acceptors (Lipinski definition) is 5. The summed E-state index contributed by atoms with van der Waals surface area (Å²) in [6.07, 6.45) is 5.31. The maximum Gasteiger partial charge on any atom is 0.410 e. The summed E-state index contributed by atoms with van der Waals surface area (Å²) in [7, 11) is 0. The van der Waals surface area contributed by atoms with Crippen LogP contribution in [-0.4, -0.2) is 46.4 Å². The number of piperidine rings is 1. The molecule has 10 heteroatoms. The number of carbonyl (C=O) groups is 2. The van der Waals surface area contributed by atoms with Crippen molar-refractivity contribution in [1.29, 1.82) is 0 Å². The molecular formula is C36H39ClN4O4S. The zero-order chi connectivity index (χ0) is 32.2. The zero-order valence-corrected chi connectivity index (χ0v) is 27.7. The number of hydrogen-bond donors (Lipinski definition) is 3. The molecule has 1 atom stereocenters. The van der Waals surface area contributed by atoms with Crippen LogP contribution in [0.25, 0.3) is 22.0 Å². The van der Waals surface area contributed by atoms with Crippen LogP contribution in [0.15, 0.2) is 70.4 Å². The molecule has 2 aliphatic rings. The van der Waals surface area contributed by atoms with E-state index in [4.69, 9.17) is 16.3 Å². The number of urea groups is 1. The molecular weight excluding hydrogens is 620 g/mol. The van der Waals surface area contributed by atoms with E-state index in [2.05, 4.69) is 21.7 Å². The first-order valence-corrected chi connectivity index (χ1v) is 17.3. The standard InChI is InChI=1S/C36H39ClN4O4S/c1-22-16-23(2)18-25(17-22)32-33(28-19-31(40-35(43)38-26-11-12-26)29(37)20-30(28)39-34(32)42)46-15-13-27-10-6-7-14-41(27)36(44)45-21-24-8-4-3-5-9-24/h3-5,8-9,16-20,26-27H,6-7,10-15,21H2,1-2H3,(H,39,42)(H2,38,40,43). The maximum atomic E-state index is 13.7. The fourth-order valence-corrected chi connectivity index (χ4v) is 7.61. The molecule has 1 saturated heterocycles. The first-order chi connectivity index (χ1) is 22.2. The number of benzene rings is 3. The molecule has 0 radical (unpaired) electrons. The lowest BCUT2D eigenvalue weighted by molar-refractivity contribution is 0.0674. The third-order valence-electron chi connectivity index (χ3n) is 8.49. The molecule has 8 nitrogen and oxygen atoms in total. The molecule has 4 aromatic rings. The number of nitrogens with one attached hydrogen (secondary N) is 3. The van der Waals surface area contributed by atoms with Crippen molar-refractivity contribution in [2.24, 2.45) is 0 Å². The Morgan fingerprint density at radius 2 is 1.78 bits per heavy atom. The van der Waals surface area contributed by atoms with E-state index >= 15 is 0 Å². The summed E-state index contributed by atoms with van der Waals surface area (Å²) < 4.78 is 5.70. The molecule has 2 heterocycles. The number of anilines is 1. The molecule has 3 N–H and O–H groups in total. The predicted molar refractivity (Wildman–Crippen MR) is 186 cm³/mol. The van der Waals surface area contributed by atoms with Gasteiger partial charge in [0.2, 0.25) is 0 Å². The van der Waals surface area contributed by atoms with Gasteiger partial charge in [0.05, 0.1) is 21.8 Å². The molecule has 0 spiro atoms. The van der Waals surface area contributed by atoms with Crippen molar-refractivity contribution in [3.63, 3.8) is 0 Å². The normalized spacial score (nSPS) is 16.3. The number of ether oxygens (including phenoxy) is 1. The lowest BCUT2D eigenvalue weighted by Gasteiger charge is -2.35. The topological polar surface area (TPSA) is 104 Å². The number of H-pyrrole nitrogens is 1. The number of rotatable bonds is 9. The highest BCUT2D eigenvalue weighted by atomic mass is 35.5. The Morgan fingerprint density at radius 3 is 2.52 bits per heavy atom. The number of thioether (sulfide) groups is 1. The van der Waals surface area contributed by atoms with Gasteiger partial charge in [-0.25, -0.2) is 9.59 Å². The van der Waals surface area contributed by atoms with Gasteiger partial charge in [0.1, 0.15) is 6.61 Å². The van der Waals surface area contributed by atoms with Gasteiger partial charge in [-0.3, -0.25) is 4.79 Å². The molecule has 2 fully saturated rings. The van der Waals surface area contributed by atoms with Crippen molar-refractivity contribution in [3.8, 4) is 11.1 Å². The largest absolute Gasteiger partial charge is 0.445 e. The monoisotopic (exact) mass is 658 g/mol. The van der Waals surface area contributed by atoms with E-state index in [1.54, 1.807) is 17.8 Å². The molecule has 3 aromatic carbocycles. The summed E-state index contributed by atoms with van der Waals surface area (Å²) in [5.41, 5.74) is 5.38. The van der Waals surface area contributed by atoms with Gasteiger partial charge in [-0.2, -0.15) is 0 Å². The third-order valence-corrected chi connectivity index (χ3v) is 9.95. The number of aromatic nitrogens is 1. The number of pyridine rings is 1. The highest BCUT2D eigenvalue weighted by Gasteiger charge is 2.28. The fourth-order valence-electron chi connectivity index (χ4n) is 6.13. The Bertz CT molecular complexity index is 1790. The van der Waals surface area contributed by atoms with Crippen LogP contribution in [0.2, 0.25) is 5.02 Å². The Labute approximate surface area is 278 Å². The number of aryl methyl sites for hydroxylation is 2. The Balaban J connectivity index is 1.28. The van der Waals surface area contributed by atoms with Crippen molar-refractivity contribution in [1.82, 2.24) is 15.2 Å². The first kappa shape index (κ1) is 32.0. The molecule has 1 saturated carbocycles. The highest BCUT2D eigenvalue weighted by molar-refractivity contribution is 7.99. The van der Waals surface area contributed by atoms with Crippen molar-refractivity contribution in [3.05, 3.63) is 92.7 Å². The second-order valence-electron chi connectivity index (χ2n) is 12.3. The molecule has 1 unspecified atom stereocenters. The summed E-state index contributed by atoms with van der Waals surface area (Å²) in [4.78, 5) is 45.2. The summed E-state index contributed by atoms with van der Waals surface area (Å²) in [6, 6.07) is 19.3. The maximum absolute atomic E-state index is 13.7. The van der Waals surface area contributed by atoms with Gasteiger partial charge in [0.15, 0.2) is 0 Å². The first-order valence-electron chi connectivity index (χ1n) is 15.9. The second-order valence-corrected chi connectivity index (χ2v) is 13.8. The average molecular weight is 659 g/mol. The summed E-state index contributed by atoms with van der Waals surface area (Å²) in [6.45, 7) is 4.95. The van der Waals surface area contributed by atoms with E-state index in [1.807, 2.05) is 67.3 Å². The summed E-state index contributed by atoms with van der Waals surface area (Å²) in [5, 5.41) is 6.98. The molecule has 1 aliphatic heterocycles. The lowest BCUT2D eigenvalue weighted by atomic mass is 10.00. The van der Waals surface area contributed by atoms with Crippen LogP contribution >= 0.6 is 23.4 Å². The minimum Gasteiger partial charge on any atom is -0.445 e. The van der Waals surface area contributed by atoms with Crippen molar-refractivity contribution in [2.45, 2.75) is 76.0 Å². The van der Waals surface area contributed by atoms with Crippen LogP contribution in [0.1, 0.15) is 55.2 Å². The fraction of sp³-hybridized carbons (Fsp3) is 0.361. The van der Waals surface area contributed by atoms with Crippen LogP contribution in [0.4, 0.5) is 15.3 Å². The Morgan fingerprint density at radius 1 is 1.02 bits per heavy atom. The van der Waals surface area contributed by atoms with Gasteiger partial charge in [-0.05, 0) is 75.6 Å². The van der Waals surface area contributed by atoms with Gasteiger partial charge >= 0.3 is 12.1 Å². The molecule has 46 heavy (non-hydrogen) atoms. The SMILES string of the molecule is Cc1cc(C)cc(-c2c(SCCC3CCCCN3C(=O)OCc3ccccc3)c3cc(NC(=O)NC4CC4)c(Cl)cc3[nH]c2=O)c1. The Hall–Kier alpha value is -3.95. The van der Waals surface area contributed by atoms with E-state index in [0.29, 0.717) is 34.1 Å². The minimum absolute atomic E-state index is 0.0419. The Kier molecular flexibility index (Phi) is 9.89. The molecule has 1 aliphatic carbocycles. The molecule has 6 rings (SSSR count). The smallest absolute Gasteiger partial charge is 0.410 e. The average Bonchev–Trinajstić information content (AvgIpc) is 3.84. The van der Waals surface area contributed by atoms with Gasteiger partial charge in [-0.15, -0.1) is 11.8 Å². The van der Waals surface area contributed by atoms with E-state index in [1.165, 1.54) is 0 Å². The van der Waals surface area contributed by atoms with Crippen LogP contribution in [0.3, 0.4) is 0 Å². The van der Waals surface area contributed by atoms with E-state index in [0.717, 1.165) is 71.1 Å². The van der Waals surface area contributed by atoms with Crippen molar-refractivity contribution >= 4 is 52.1 Å². The van der Waals surface area contributed by atoms with E-state index in [9.17, 15) is 14.4 Å². The summed E-state index contributed by atoms with van der Waals surface area (Å²) in [5.74, 6) is 0.678. The number of carbonyl (C=O) groups excluding carboxylic acids is 2. The van der Waals surface area contributed by atoms with Crippen LogP contribution in [0.5, 0.6) is 0 Å². The third kappa shape index (κ3) is 7.70.